The highest BCUT2D eigenvalue weighted by Gasteiger charge is 2.69. The van der Waals surface area contributed by atoms with E-state index in [9.17, 15) is 19.7 Å². The molecule has 7 nitrogen and oxygen atoms in total. The number of benzene rings is 3. The lowest BCUT2D eigenvalue weighted by atomic mass is 9.69. The maximum atomic E-state index is 14.3. The van der Waals surface area contributed by atoms with E-state index < -0.39 is 16.4 Å². The zero-order valence-corrected chi connectivity index (χ0v) is 19.8. The summed E-state index contributed by atoms with van der Waals surface area (Å²) >= 11 is 1.75. The van der Waals surface area contributed by atoms with Gasteiger partial charge in [-0.2, -0.15) is 0 Å². The van der Waals surface area contributed by atoms with E-state index in [4.69, 9.17) is 0 Å². The van der Waals surface area contributed by atoms with Crippen molar-refractivity contribution < 1.29 is 14.5 Å². The number of rotatable bonds is 4. The molecule has 176 valence electrons. The number of thioether (sulfide) groups is 1. The molecule has 4 atom stereocenters. The van der Waals surface area contributed by atoms with Gasteiger partial charge in [0.2, 0.25) is 5.91 Å². The highest BCUT2D eigenvalue weighted by Crippen LogP contribution is 2.61. The molecular weight excluding hydrogens is 462 g/mol. The Balaban J connectivity index is 1.60. The van der Waals surface area contributed by atoms with E-state index in [1.54, 1.807) is 36.0 Å². The van der Waals surface area contributed by atoms with E-state index in [2.05, 4.69) is 10.2 Å². The summed E-state index contributed by atoms with van der Waals surface area (Å²) in [7, 11) is 0. The van der Waals surface area contributed by atoms with E-state index >= 15 is 0 Å². The summed E-state index contributed by atoms with van der Waals surface area (Å²) in [6.07, 6.45) is 0. The molecule has 6 rings (SSSR count). The van der Waals surface area contributed by atoms with Crippen LogP contribution in [0.1, 0.15) is 33.0 Å². The number of carbonyl (C=O) groups excluding carboxylic acids is 2. The Kier molecular flexibility index (Phi) is 5.05. The van der Waals surface area contributed by atoms with Crippen molar-refractivity contribution in [2.24, 2.45) is 5.92 Å². The lowest BCUT2D eigenvalue weighted by Crippen LogP contribution is -2.52. The zero-order chi connectivity index (χ0) is 24.3. The van der Waals surface area contributed by atoms with Crippen molar-refractivity contribution in [1.29, 1.82) is 0 Å². The summed E-state index contributed by atoms with van der Waals surface area (Å²) < 4.78 is 0. The first-order valence-electron chi connectivity index (χ1n) is 11.5. The minimum atomic E-state index is -1.14. The van der Waals surface area contributed by atoms with Crippen molar-refractivity contribution in [3.8, 4) is 0 Å². The first kappa shape index (κ1) is 22.0. The first-order chi connectivity index (χ1) is 16.9. The van der Waals surface area contributed by atoms with Crippen LogP contribution >= 0.6 is 11.8 Å². The van der Waals surface area contributed by atoms with Crippen molar-refractivity contribution in [3.05, 3.63) is 105 Å². The number of hydrogen-bond donors (Lipinski definition) is 1. The molecule has 3 heterocycles. The standard InChI is InChI=1S/C27H23N3O4S/c1-16-7-12-21-20(13-16)27(26(32)28-21)24(25(31)18-5-3-2-4-6-18)23(22-14-35-15-29(22)27)17-8-10-19(11-9-17)30(33)34/h2-13,22-24H,14-15H2,1H3,(H,28,32)/t22-,23+,24+,27-/m1/s1. The van der Waals surface area contributed by atoms with Crippen LogP contribution in [0.2, 0.25) is 0 Å². The van der Waals surface area contributed by atoms with Gasteiger partial charge < -0.3 is 5.32 Å². The molecule has 3 aromatic rings. The maximum Gasteiger partial charge on any atom is 0.269 e. The minimum absolute atomic E-state index is 0.00429. The van der Waals surface area contributed by atoms with Crippen molar-refractivity contribution in [1.82, 2.24) is 4.90 Å². The molecule has 3 aromatic carbocycles. The van der Waals surface area contributed by atoms with Crippen LogP contribution in [0.3, 0.4) is 0 Å². The summed E-state index contributed by atoms with van der Waals surface area (Å²) in [4.78, 5) is 41.3. The summed E-state index contributed by atoms with van der Waals surface area (Å²) in [6.45, 7) is 1.99. The third-order valence-corrected chi connectivity index (χ3v) is 8.64. The van der Waals surface area contributed by atoms with Crippen LogP contribution in [0.15, 0.2) is 72.8 Å². The van der Waals surface area contributed by atoms with Gasteiger partial charge >= 0.3 is 0 Å². The number of nitrogens with one attached hydrogen (secondary N) is 1. The Morgan fingerprint density at radius 1 is 1.11 bits per heavy atom. The van der Waals surface area contributed by atoms with Gasteiger partial charge in [0.15, 0.2) is 5.78 Å². The quantitative estimate of drug-likeness (QED) is 0.327. The van der Waals surface area contributed by atoms with E-state index in [1.807, 2.05) is 43.3 Å². The number of Topliss-reactive ketones (excluding diaryl/α,β-unsaturated/α-hetero) is 1. The molecule has 3 aliphatic rings. The average Bonchev–Trinajstić information content (AvgIpc) is 3.53. The van der Waals surface area contributed by atoms with Gasteiger partial charge in [-0.05, 0) is 18.6 Å². The van der Waals surface area contributed by atoms with E-state index in [0.717, 1.165) is 28.1 Å². The zero-order valence-electron chi connectivity index (χ0n) is 19.0. The second-order valence-electron chi connectivity index (χ2n) is 9.39. The van der Waals surface area contributed by atoms with Crippen LogP contribution in [-0.2, 0) is 10.3 Å². The number of nitro groups is 1. The molecule has 3 aliphatic heterocycles. The molecule has 2 fully saturated rings. The molecule has 1 N–H and O–H groups in total. The summed E-state index contributed by atoms with van der Waals surface area (Å²) in [5.74, 6) is 0.169. The molecule has 0 aliphatic carbocycles. The molecule has 8 heteroatoms. The highest BCUT2D eigenvalue weighted by molar-refractivity contribution is 7.99. The number of anilines is 1. The minimum Gasteiger partial charge on any atom is -0.324 e. The summed E-state index contributed by atoms with van der Waals surface area (Å²) in [5, 5.41) is 14.3. The van der Waals surface area contributed by atoms with Gasteiger partial charge in [0.25, 0.3) is 5.69 Å². The van der Waals surface area contributed by atoms with Gasteiger partial charge in [-0.25, -0.2) is 0 Å². The Morgan fingerprint density at radius 2 is 1.86 bits per heavy atom. The number of nitrogens with zero attached hydrogens (tertiary/aromatic N) is 2. The fourth-order valence-electron chi connectivity index (χ4n) is 6.16. The van der Waals surface area contributed by atoms with E-state index in [-0.39, 0.29) is 29.3 Å². The molecule has 1 amide bonds. The lowest BCUT2D eigenvalue weighted by molar-refractivity contribution is -0.384. The summed E-state index contributed by atoms with van der Waals surface area (Å²) in [5.41, 5.74) is 2.87. The Bertz CT molecular complexity index is 1360. The predicted molar refractivity (Wildman–Crippen MR) is 135 cm³/mol. The smallest absolute Gasteiger partial charge is 0.269 e. The Hall–Kier alpha value is -3.49. The van der Waals surface area contributed by atoms with Gasteiger partial charge in [0, 0.05) is 52.5 Å². The van der Waals surface area contributed by atoms with Crippen LogP contribution in [-0.4, -0.2) is 39.2 Å². The normalized spacial score (nSPS) is 27.0. The topological polar surface area (TPSA) is 92.5 Å². The van der Waals surface area contributed by atoms with Crippen molar-refractivity contribution in [2.75, 3.05) is 16.9 Å². The number of hydrogen-bond acceptors (Lipinski definition) is 6. The molecule has 2 saturated heterocycles. The monoisotopic (exact) mass is 485 g/mol. The van der Waals surface area contributed by atoms with E-state index in [1.165, 1.54) is 12.1 Å². The molecule has 0 bridgehead atoms. The number of non-ortho nitro benzene ring substituents is 1. The SMILES string of the molecule is Cc1ccc2c(c1)[C@]1(C(=O)N2)[C@H](C(=O)c2ccccc2)[C@@H](c2ccc([N+](=O)[O-])cc2)[C@H]2CSCN21. The third kappa shape index (κ3) is 3.10. The Morgan fingerprint density at radius 3 is 2.57 bits per heavy atom. The predicted octanol–water partition coefficient (Wildman–Crippen LogP) is 4.72. The number of aryl methyl sites for hydroxylation is 1. The van der Waals surface area contributed by atoms with Gasteiger partial charge in [-0.3, -0.25) is 24.6 Å². The largest absolute Gasteiger partial charge is 0.324 e. The van der Waals surface area contributed by atoms with Crippen molar-refractivity contribution in [2.45, 2.75) is 24.4 Å². The fraction of sp³-hybridized carbons (Fsp3) is 0.259. The van der Waals surface area contributed by atoms with Gasteiger partial charge in [-0.15, -0.1) is 11.8 Å². The number of carbonyl (C=O) groups is 2. The molecule has 1 spiro atoms. The van der Waals surface area contributed by atoms with Crippen LogP contribution in [0.5, 0.6) is 0 Å². The van der Waals surface area contributed by atoms with Crippen LogP contribution in [0.4, 0.5) is 11.4 Å². The lowest BCUT2D eigenvalue weighted by Gasteiger charge is -2.36. The van der Waals surface area contributed by atoms with Gasteiger partial charge in [-0.1, -0.05) is 60.2 Å². The molecule has 0 unspecified atom stereocenters. The first-order valence-corrected chi connectivity index (χ1v) is 12.7. The maximum absolute atomic E-state index is 14.3. The molecule has 0 aromatic heterocycles. The average molecular weight is 486 g/mol. The highest BCUT2D eigenvalue weighted by atomic mass is 32.2. The van der Waals surface area contributed by atoms with Crippen LogP contribution < -0.4 is 5.32 Å². The van der Waals surface area contributed by atoms with Crippen LogP contribution in [0, 0.1) is 23.0 Å². The second kappa shape index (κ2) is 8.03. The van der Waals surface area contributed by atoms with Gasteiger partial charge in [0.05, 0.1) is 10.8 Å². The fourth-order valence-corrected chi connectivity index (χ4v) is 7.49. The molecular formula is C27H23N3O4S. The van der Waals surface area contributed by atoms with Crippen molar-refractivity contribution in [3.63, 3.8) is 0 Å². The van der Waals surface area contributed by atoms with E-state index in [0.29, 0.717) is 11.4 Å². The number of amides is 1. The summed E-state index contributed by atoms with van der Waals surface area (Å²) in [6, 6.07) is 21.4. The number of fused-ring (bicyclic) bond motifs is 4. The van der Waals surface area contributed by atoms with Crippen LogP contribution in [0.25, 0.3) is 0 Å². The van der Waals surface area contributed by atoms with Crippen molar-refractivity contribution >= 4 is 34.8 Å². The molecule has 35 heavy (non-hydrogen) atoms. The number of ketones is 1. The Labute approximate surface area is 206 Å². The third-order valence-electron chi connectivity index (χ3n) is 7.61. The molecule has 0 radical (unpaired) electrons. The second-order valence-corrected chi connectivity index (χ2v) is 10.4. The molecule has 0 saturated carbocycles. The van der Waals surface area contributed by atoms with Gasteiger partial charge in [0.1, 0.15) is 5.54 Å². The number of nitro benzene ring substituents is 1.